The summed E-state index contributed by atoms with van der Waals surface area (Å²) in [5, 5.41) is 1.12. The summed E-state index contributed by atoms with van der Waals surface area (Å²) in [5.41, 5.74) is 2.99. The average Bonchev–Trinajstić information content (AvgIpc) is 3.16. The van der Waals surface area contributed by atoms with E-state index in [4.69, 9.17) is 4.98 Å². The quantitative estimate of drug-likeness (QED) is 0.664. The van der Waals surface area contributed by atoms with Gasteiger partial charge in [0, 0.05) is 50.5 Å². The molecule has 2 aliphatic heterocycles. The van der Waals surface area contributed by atoms with E-state index in [0.717, 1.165) is 28.8 Å². The molecule has 0 saturated carbocycles. The minimum Gasteiger partial charge on any atom is -0.353 e. The van der Waals surface area contributed by atoms with E-state index in [9.17, 15) is 9.59 Å². The van der Waals surface area contributed by atoms with E-state index in [1.54, 1.807) is 9.80 Å². The predicted molar refractivity (Wildman–Crippen MR) is 113 cm³/mol. The number of para-hydroxylation sites is 1. The fourth-order valence-electron chi connectivity index (χ4n) is 4.45. The first-order chi connectivity index (χ1) is 14.6. The van der Waals surface area contributed by atoms with Gasteiger partial charge in [0.2, 0.25) is 11.8 Å². The Kier molecular flexibility index (Phi) is 4.75. The van der Waals surface area contributed by atoms with Gasteiger partial charge in [0.1, 0.15) is 12.6 Å². The van der Waals surface area contributed by atoms with Crippen LogP contribution in [0.25, 0.3) is 10.9 Å². The van der Waals surface area contributed by atoms with Crippen LogP contribution in [0.2, 0.25) is 0 Å². The van der Waals surface area contributed by atoms with Crippen molar-refractivity contribution in [1.29, 1.82) is 0 Å². The van der Waals surface area contributed by atoms with Gasteiger partial charge in [0.15, 0.2) is 0 Å². The van der Waals surface area contributed by atoms with Gasteiger partial charge in [-0.15, -0.1) is 0 Å². The molecular formula is C23H25N5O2. The van der Waals surface area contributed by atoms with Gasteiger partial charge in [0.05, 0.1) is 17.8 Å². The molecule has 2 aliphatic rings. The van der Waals surface area contributed by atoms with Crippen LogP contribution in [0.5, 0.6) is 0 Å². The molecule has 0 bridgehead atoms. The fourth-order valence-corrected chi connectivity index (χ4v) is 4.45. The zero-order valence-electron chi connectivity index (χ0n) is 17.1. The van der Waals surface area contributed by atoms with E-state index >= 15 is 0 Å². The Morgan fingerprint density at radius 1 is 1.00 bits per heavy atom. The molecule has 30 heavy (non-hydrogen) atoms. The summed E-state index contributed by atoms with van der Waals surface area (Å²) in [4.78, 5) is 36.3. The second-order valence-corrected chi connectivity index (χ2v) is 8.14. The minimum atomic E-state index is -0.416. The van der Waals surface area contributed by atoms with Crippen molar-refractivity contribution in [2.24, 2.45) is 7.05 Å². The number of amides is 2. The van der Waals surface area contributed by atoms with Gasteiger partial charge in [-0.2, -0.15) is 0 Å². The number of aryl methyl sites for hydroxylation is 1. The van der Waals surface area contributed by atoms with E-state index in [0.29, 0.717) is 26.2 Å². The standard InChI is InChI=1S/C23H25N5O2/c1-25-10-4-6-19(25)14-27-16-22(29)28-12-11-26(15-21(28)23(27)30)13-18-9-8-17-5-2-3-7-20(17)24-18/h2-10,21H,11-16H2,1H3. The first-order valence-electron chi connectivity index (χ1n) is 10.3. The molecule has 2 aromatic heterocycles. The molecule has 0 N–H and O–H groups in total. The molecule has 0 aliphatic carbocycles. The Labute approximate surface area is 175 Å². The van der Waals surface area contributed by atoms with Crippen molar-refractivity contribution in [1.82, 2.24) is 24.3 Å². The Bertz CT molecular complexity index is 1110. The maximum Gasteiger partial charge on any atom is 0.247 e. The first kappa shape index (κ1) is 18.8. The number of nitrogens with zero attached hydrogens (tertiary/aromatic N) is 5. The van der Waals surface area contributed by atoms with Crippen molar-refractivity contribution < 1.29 is 9.59 Å². The van der Waals surface area contributed by atoms with Crippen LogP contribution in [0.1, 0.15) is 11.4 Å². The largest absolute Gasteiger partial charge is 0.353 e. The van der Waals surface area contributed by atoms with E-state index in [-0.39, 0.29) is 18.4 Å². The average molecular weight is 403 g/mol. The number of piperazine rings is 2. The zero-order valence-corrected chi connectivity index (χ0v) is 17.1. The van der Waals surface area contributed by atoms with Gasteiger partial charge in [-0.05, 0) is 24.3 Å². The van der Waals surface area contributed by atoms with Gasteiger partial charge in [-0.25, -0.2) is 0 Å². The number of carbonyl (C=O) groups excluding carboxylic acids is 2. The van der Waals surface area contributed by atoms with E-state index < -0.39 is 6.04 Å². The maximum absolute atomic E-state index is 13.2. The molecular weight excluding hydrogens is 378 g/mol. The number of rotatable bonds is 4. The Morgan fingerprint density at radius 3 is 2.70 bits per heavy atom. The van der Waals surface area contributed by atoms with Crippen molar-refractivity contribution in [3.05, 3.63) is 66.1 Å². The number of benzene rings is 1. The van der Waals surface area contributed by atoms with Crippen molar-refractivity contribution in [2.75, 3.05) is 26.2 Å². The lowest BCUT2D eigenvalue weighted by molar-refractivity contribution is -0.160. The fraction of sp³-hybridized carbons (Fsp3) is 0.348. The number of aromatic nitrogens is 2. The highest BCUT2D eigenvalue weighted by atomic mass is 16.2. The summed E-state index contributed by atoms with van der Waals surface area (Å²) in [6.45, 7) is 3.18. The maximum atomic E-state index is 13.2. The molecule has 1 atom stereocenters. The number of hydrogen-bond donors (Lipinski definition) is 0. The highest BCUT2D eigenvalue weighted by molar-refractivity contribution is 5.95. The zero-order chi connectivity index (χ0) is 20.7. The molecule has 7 heteroatoms. The van der Waals surface area contributed by atoms with E-state index in [1.165, 1.54) is 0 Å². The second kappa shape index (κ2) is 7.57. The molecule has 4 heterocycles. The topological polar surface area (TPSA) is 61.7 Å². The van der Waals surface area contributed by atoms with Crippen LogP contribution in [0.4, 0.5) is 0 Å². The smallest absolute Gasteiger partial charge is 0.247 e. The monoisotopic (exact) mass is 403 g/mol. The van der Waals surface area contributed by atoms with E-state index in [1.807, 2.05) is 54.2 Å². The normalized spacial score (nSPS) is 20.1. The Hall–Kier alpha value is -3.19. The second-order valence-electron chi connectivity index (χ2n) is 8.14. The van der Waals surface area contributed by atoms with Crippen LogP contribution < -0.4 is 0 Å². The van der Waals surface area contributed by atoms with Gasteiger partial charge in [-0.1, -0.05) is 24.3 Å². The van der Waals surface area contributed by atoms with Crippen LogP contribution >= 0.6 is 0 Å². The SMILES string of the molecule is Cn1cccc1CN1CC(=O)N2CCN(Cc3ccc4ccccc4n3)CC2C1=O. The van der Waals surface area contributed by atoms with Crippen molar-refractivity contribution in [3.63, 3.8) is 0 Å². The third kappa shape index (κ3) is 3.45. The lowest BCUT2D eigenvalue weighted by Crippen LogP contribution is -2.66. The Balaban J connectivity index is 1.31. The predicted octanol–water partition coefficient (Wildman–Crippen LogP) is 1.63. The molecule has 2 fully saturated rings. The minimum absolute atomic E-state index is 0.0342. The molecule has 2 amide bonds. The molecule has 0 spiro atoms. The van der Waals surface area contributed by atoms with Crippen LogP contribution in [-0.2, 0) is 29.7 Å². The molecule has 7 nitrogen and oxygen atoms in total. The number of fused-ring (bicyclic) bond motifs is 2. The summed E-state index contributed by atoms with van der Waals surface area (Å²) >= 11 is 0. The molecule has 1 aromatic carbocycles. The van der Waals surface area contributed by atoms with Crippen molar-refractivity contribution in [3.8, 4) is 0 Å². The lowest BCUT2D eigenvalue weighted by atomic mass is 10.1. The lowest BCUT2D eigenvalue weighted by Gasteiger charge is -2.46. The van der Waals surface area contributed by atoms with Gasteiger partial charge >= 0.3 is 0 Å². The highest BCUT2D eigenvalue weighted by Crippen LogP contribution is 2.21. The number of hydrogen-bond acceptors (Lipinski definition) is 4. The molecule has 5 rings (SSSR count). The third-order valence-corrected chi connectivity index (χ3v) is 6.15. The molecule has 154 valence electrons. The molecule has 2 saturated heterocycles. The van der Waals surface area contributed by atoms with Crippen molar-refractivity contribution >= 4 is 22.7 Å². The summed E-state index contributed by atoms with van der Waals surface area (Å²) in [6.07, 6.45) is 1.96. The summed E-state index contributed by atoms with van der Waals surface area (Å²) in [7, 11) is 1.96. The molecule has 0 radical (unpaired) electrons. The summed E-state index contributed by atoms with van der Waals surface area (Å²) < 4.78 is 1.99. The summed E-state index contributed by atoms with van der Waals surface area (Å²) in [6, 6.07) is 15.7. The van der Waals surface area contributed by atoms with Gasteiger partial charge < -0.3 is 14.4 Å². The first-order valence-corrected chi connectivity index (χ1v) is 10.3. The van der Waals surface area contributed by atoms with Crippen molar-refractivity contribution in [2.45, 2.75) is 19.1 Å². The third-order valence-electron chi connectivity index (χ3n) is 6.15. The van der Waals surface area contributed by atoms with Gasteiger partial charge in [-0.3, -0.25) is 19.5 Å². The highest BCUT2D eigenvalue weighted by Gasteiger charge is 2.42. The van der Waals surface area contributed by atoms with E-state index in [2.05, 4.69) is 17.0 Å². The molecule has 3 aromatic rings. The van der Waals surface area contributed by atoms with Crippen LogP contribution in [-0.4, -0.2) is 68.3 Å². The van der Waals surface area contributed by atoms with Crippen LogP contribution in [0.15, 0.2) is 54.7 Å². The van der Waals surface area contributed by atoms with Crippen LogP contribution in [0.3, 0.4) is 0 Å². The summed E-state index contributed by atoms with van der Waals surface area (Å²) in [5.74, 6) is 0.0734. The number of pyridine rings is 1. The van der Waals surface area contributed by atoms with Gasteiger partial charge in [0.25, 0.3) is 0 Å². The van der Waals surface area contributed by atoms with Crippen LogP contribution in [0, 0.1) is 0 Å². The Morgan fingerprint density at radius 2 is 1.87 bits per heavy atom. The molecule has 1 unspecified atom stereocenters. The number of carbonyl (C=O) groups is 2.